The predicted molar refractivity (Wildman–Crippen MR) is 115 cm³/mol. The van der Waals surface area contributed by atoms with E-state index >= 15 is 0 Å². The van der Waals surface area contributed by atoms with Crippen molar-refractivity contribution in [1.29, 1.82) is 0 Å². The Morgan fingerprint density at radius 1 is 1.24 bits per heavy atom. The number of aromatic nitrogens is 1. The van der Waals surface area contributed by atoms with Crippen molar-refractivity contribution in [3.8, 4) is 0 Å². The maximum absolute atomic E-state index is 13.6. The Balaban J connectivity index is 0.00000312. The Labute approximate surface area is 170 Å². The van der Waals surface area contributed by atoms with Crippen LogP contribution in [0.2, 0.25) is 0 Å². The molecule has 0 spiro atoms. The highest BCUT2D eigenvalue weighted by Crippen LogP contribution is 2.10. The smallest absolute Gasteiger partial charge is 0.191 e. The molecule has 4 nitrogen and oxygen atoms in total. The van der Waals surface area contributed by atoms with E-state index in [9.17, 15) is 4.39 Å². The summed E-state index contributed by atoms with van der Waals surface area (Å²) in [4.78, 5) is 9.02. The molecule has 0 unspecified atom stereocenters. The number of thiazole rings is 1. The predicted octanol–water partition coefficient (Wildman–Crippen LogP) is 3.94. The molecule has 0 saturated heterocycles. The van der Waals surface area contributed by atoms with E-state index in [4.69, 9.17) is 0 Å². The highest BCUT2D eigenvalue weighted by atomic mass is 127. The van der Waals surface area contributed by atoms with Crippen molar-refractivity contribution in [2.45, 2.75) is 33.1 Å². The van der Waals surface area contributed by atoms with Crippen LogP contribution >= 0.6 is 35.3 Å². The van der Waals surface area contributed by atoms with Crippen molar-refractivity contribution in [3.05, 3.63) is 51.7 Å². The first-order valence-corrected chi connectivity index (χ1v) is 9.23. The normalized spacial score (nSPS) is 11.1. The van der Waals surface area contributed by atoms with Crippen LogP contribution in [-0.2, 0) is 12.8 Å². The van der Waals surface area contributed by atoms with Gasteiger partial charge in [-0.25, -0.2) is 9.37 Å². The fraction of sp³-hybridized carbons (Fsp3) is 0.444. The average molecular weight is 476 g/mol. The monoisotopic (exact) mass is 476 g/mol. The van der Waals surface area contributed by atoms with Crippen molar-refractivity contribution in [2.24, 2.45) is 4.99 Å². The van der Waals surface area contributed by atoms with Crippen LogP contribution in [0.25, 0.3) is 0 Å². The molecular formula is C18H26FIN4S. The zero-order valence-corrected chi connectivity index (χ0v) is 17.9. The van der Waals surface area contributed by atoms with Crippen molar-refractivity contribution < 1.29 is 4.39 Å². The molecule has 0 radical (unpaired) electrons. The molecule has 2 N–H and O–H groups in total. The van der Waals surface area contributed by atoms with Crippen LogP contribution in [0.15, 0.2) is 34.6 Å². The Morgan fingerprint density at radius 3 is 2.72 bits per heavy atom. The van der Waals surface area contributed by atoms with Gasteiger partial charge in [-0.2, -0.15) is 0 Å². The van der Waals surface area contributed by atoms with Crippen LogP contribution in [0, 0.1) is 12.7 Å². The number of hydrogen-bond acceptors (Lipinski definition) is 3. The van der Waals surface area contributed by atoms with Gasteiger partial charge in [0, 0.05) is 37.1 Å². The molecule has 138 valence electrons. The number of nitrogens with zero attached hydrogens (tertiary/aromatic N) is 2. The SMILES string of the molecule is CCNC(=NCCCc1nc(C)cs1)NCCc1ccccc1F.I. The molecule has 0 bridgehead atoms. The molecule has 25 heavy (non-hydrogen) atoms. The maximum Gasteiger partial charge on any atom is 0.191 e. The van der Waals surface area contributed by atoms with Gasteiger partial charge in [-0.05, 0) is 38.3 Å². The van der Waals surface area contributed by atoms with Crippen LogP contribution < -0.4 is 10.6 Å². The number of aryl methyl sites for hydroxylation is 2. The van der Waals surface area contributed by atoms with Crippen molar-refractivity contribution in [3.63, 3.8) is 0 Å². The molecule has 7 heteroatoms. The lowest BCUT2D eigenvalue weighted by Crippen LogP contribution is -2.38. The summed E-state index contributed by atoms with van der Waals surface area (Å²) in [6.07, 6.45) is 2.56. The van der Waals surface area contributed by atoms with E-state index in [0.717, 1.165) is 43.1 Å². The van der Waals surface area contributed by atoms with E-state index in [1.807, 2.05) is 26.0 Å². The standard InChI is InChI=1S/C18H25FN4S.HI/c1-3-20-18(21-11-6-9-17-23-14(2)13-24-17)22-12-10-15-7-4-5-8-16(15)19;/h4-5,7-8,13H,3,6,9-12H2,1-2H3,(H2,20,21,22);1H. The van der Waals surface area contributed by atoms with Crippen molar-refractivity contribution in [2.75, 3.05) is 19.6 Å². The zero-order valence-electron chi connectivity index (χ0n) is 14.7. The number of benzene rings is 1. The largest absolute Gasteiger partial charge is 0.357 e. The van der Waals surface area contributed by atoms with Gasteiger partial charge >= 0.3 is 0 Å². The lowest BCUT2D eigenvalue weighted by molar-refractivity contribution is 0.606. The molecule has 0 saturated carbocycles. The molecule has 1 heterocycles. The fourth-order valence-electron chi connectivity index (χ4n) is 2.30. The van der Waals surface area contributed by atoms with Crippen LogP contribution in [0.1, 0.15) is 29.6 Å². The lowest BCUT2D eigenvalue weighted by atomic mass is 10.1. The van der Waals surface area contributed by atoms with Gasteiger partial charge in [-0.15, -0.1) is 35.3 Å². The minimum atomic E-state index is -0.153. The van der Waals surface area contributed by atoms with E-state index in [2.05, 4.69) is 26.0 Å². The Kier molecular flexibility index (Phi) is 10.6. The van der Waals surface area contributed by atoms with Gasteiger partial charge in [-0.1, -0.05) is 18.2 Å². The highest BCUT2D eigenvalue weighted by Gasteiger charge is 2.02. The van der Waals surface area contributed by atoms with E-state index in [-0.39, 0.29) is 29.8 Å². The van der Waals surface area contributed by atoms with Crippen LogP contribution in [-0.4, -0.2) is 30.6 Å². The van der Waals surface area contributed by atoms with Crippen LogP contribution in [0.3, 0.4) is 0 Å². The summed E-state index contributed by atoms with van der Waals surface area (Å²) in [7, 11) is 0. The average Bonchev–Trinajstić information content (AvgIpc) is 2.98. The maximum atomic E-state index is 13.6. The van der Waals surface area contributed by atoms with Gasteiger partial charge < -0.3 is 10.6 Å². The summed E-state index contributed by atoms with van der Waals surface area (Å²) in [5.74, 6) is 0.629. The molecule has 0 amide bonds. The molecular weight excluding hydrogens is 450 g/mol. The van der Waals surface area contributed by atoms with Gasteiger partial charge in [-0.3, -0.25) is 4.99 Å². The summed E-state index contributed by atoms with van der Waals surface area (Å²) in [5, 5.41) is 9.72. The Morgan fingerprint density at radius 2 is 2.04 bits per heavy atom. The van der Waals surface area contributed by atoms with Gasteiger partial charge in [0.15, 0.2) is 5.96 Å². The topological polar surface area (TPSA) is 49.3 Å². The van der Waals surface area contributed by atoms with Gasteiger partial charge in [0.25, 0.3) is 0 Å². The Bertz CT molecular complexity index is 660. The molecule has 0 atom stereocenters. The minimum absolute atomic E-state index is 0. The molecule has 1 aromatic heterocycles. The van der Waals surface area contributed by atoms with E-state index in [0.29, 0.717) is 13.0 Å². The second kappa shape index (κ2) is 12.2. The zero-order chi connectivity index (χ0) is 17.2. The summed E-state index contributed by atoms with van der Waals surface area (Å²) >= 11 is 1.71. The third-order valence-electron chi connectivity index (χ3n) is 3.47. The van der Waals surface area contributed by atoms with Gasteiger partial charge in [0.05, 0.1) is 5.01 Å². The first-order chi connectivity index (χ1) is 11.7. The van der Waals surface area contributed by atoms with E-state index < -0.39 is 0 Å². The van der Waals surface area contributed by atoms with Crippen LogP contribution in [0.4, 0.5) is 4.39 Å². The molecule has 0 fully saturated rings. The summed E-state index contributed by atoms with van der Waals surface area (Å²) in [5.41, 5.74) is 1.81. The van der Waals surface area contributed by atoms with Crippen molar-refractivity contribution >= 4 is 41.3 Å². The highest BCUT2D eigenvalue weighted by molar-refractivity contribution is 14.0. The lowest BCUT2D eigenvalue weighted by Gasteiger charge is -2.11. The first kappa shape index (κ1) is 21.8. The number of aliphatic imine (C=N–C) groups is 1. The quantitative estimate of drug-likeness (QED) is 0.263. The minimum Gasteiger partial charge on any atom is -0.357 e. The van der Waals surface area contributed by atoms with E-state index in [1.165, 1.54) is 11.1 Å². The molecule has 2 rings (SSSR count). The van der Waals surface area contributed by atoms with Gasteiger partial charge in [0.1, 0.15) is 5.82 Å². The third kappa shape index (κ3) is 8.13. The summed E-state index contributed by atoms with van der Waals surface area (Å²) < 4.78 is 13.6. The number of nitrogens with one attached hydrogen (secondary N) is 2. The summed E-state index contributed by atoms with van der Waals surface area (Å²) in [6, 6.07) is 6.88. The van der Waals surface area contributed by atoms with Crippen molar-refractivity contribution in [1.82, 2.24) is 15.6 Å². The third-order valence-corrected chi connectivity index (χ3v) is 4.50. The molecule has 0 aliphatic carbocycles. The fourth-order valence-corrected chi connectivity index (χ4v) is 3.12. The number of hydrogen-bond donors (Lipinski definition) is 2. The van der Waals surface area contributed by atoms with Crippen LogP contribution in [0.5, 0.6) is 0 Å². The molecule has 0 aliphatic rings. The molecule has 0 aliphatic heterocycles. The number of halogens is 2. The number of rotatable bonds is 8. The molecule has 1 aromatic carbocycles. The first-order valence-electron chi connectivity index (χ1n) is 8.35. The molecule has 2 aromatic rings. The van der Waals surface area contributed by atoms with E-state index in [1.54, 1.807) is 17.4 Å². The number of guanidine groups is 1. The van der Waals surface area contributed by atoms with Gasteiger partial charge in [0.2, 0.25) is 0 Å². The Hall–Kier alpha value is -1.22. The second-order valence-corrected chi connectivity index (χ2v) is 6.46. The second-order valence-electron chi connectivity index (χ2n) is 5.52. The summed E-state index contributed by atoms with van der Waals surface area (Å²) in [6.45, 7) is 6.25.